The highest BCUT2D eigenvalue weighted by atomic mass is 79.9. The molecule has 0 radical (unpaired) electrons. The Kier molecular flexibility index (Phi) is 4.01. The second kappa shape index (κ2) is 5.93. The van der Waals surface area contributed by atoms with Crippen molar-refractivity contribution in [3.8, 4) is 0 Å². The van der Waals surface area contributed by atoms with E-state index in [9.17, 15) is 0 Å². The lowest BCUT2D eigenvalue weighted by Crippen LogP contribution is -2.29. The van der Waals surface area contributed by atoms with Gasteiger partial charge < -0.3 is 0 Å². The number of hydrogen-bond donors (Lipinski definition) is 2. The van der Waals surface area contributed by atoms with Crippen LogP contribution in [-0.4, -0.2) is 4.98 Å². The molecule has 1 unspecified atom stereocenters. The fourth-order valence-electron chi connectivity index (χ4n) is 2.52. The third kappa shape index (κ3) is 2.70. The average molecular weight is 342 g/mol. The molecule has 0 aliphatic heterocycles. The summed E-state index contributed by atoms with van der Waals surface area (Å²) in [4.78, 5) is 4.34. The Morgan fingerprint density at radius 2 is 1.95 bits per heavy atom. The van der Waals surface area contributed by atoms with Gasteiger partial charge in [-0.1, -0.05) is 52.3 Å². The lowest BCUT2D eigenvalue weighted by molar-refractivity contribution is 0.638. The van der Waals surface area contributed by atoms with Gasteiger partial charge in [-0.2, -0.15) is 0 Å². The van der Waals surface area contributed by atoms with Gasteiger partial charge in [-0.15, -0.1) is 0 Å². The van der Waals surface area contributed by atoms with Crippen LogP contribution in [0.2, 0.25) is 0 Å². The number of nitrogens with one attached hydrogen (secondary N) is 1. The van der Waals surface area contributed by atoms with E-state index >= 15 is 0 Å². The van der Waals surface area contributed by atoms with Crippen LogP contribution in [0.3, 0.4) is 0 Å². The normalized spacial score (nSPS) is 12.5. The van der Waals surface area contributed by atoms with Crippen molar-refractivity contribution in [2.45, 2.75) is 13.0 Å². The van der Waals surface area contributed by atoms with Gasteiger partial charge in [0, 0.05) is 27.8 Å². The Morgan fingerprint density at radius 3 is 2.71 bits per heavy atom. The summed E-state index contributed by atoms with van der Waals surface area (Å²) in [6.07, 6.45) is 3.75. The molecule has 0 bridgehead atoms. The van der Waals surface area contributed by atoms with E-state index in [1.807, 2.05) is 24.5 Å². The maximum atomic E-state index is 5.82. The summed E-state index contributed by atoms with van der Waals surface area (Å²) in [5.41, 5.74) is 6.29. The predicted octanol–water partition coefficient (Wildman–Crippen LogP) is 3.86. The summed E-state index contributed by atoms with van der Waals surface area (Å²) in [6.45, 7) is 2.07. The first-order valence-corrected chi connectivity index (χ1v) is 7.55. The number of rotatable bonds is 3. The number of nitrogens with two attached hydrogens (primary N) is 1. The Balaban J connectivity index is 2.16. The van der Waals surface area contributed by atoms with Crippen molar-refractivity contribution in [3.05, 3.63) is 76.0 Å². The van der Waals surface area contributed by atoms with Crippen LogP contribution in [0, 0.1) is 6.92 Å². The molecule has 0 saturated heterocycles. The van der Waals surface area contributed by atoms with Crippen LogP contribution >= 0.6 is 15.9 Å². The first-order valence-electron chi connectivity index (χ1n) is 6.75. The maximum Gasteiger partial charge on any atom is 0.0731 e. The van der Waals surface area contributed by atoms with E-state index in [0.717, 1.165) is 26.4 Å². The molecule has 3 nitrogen and oxygen atoms in total. The number of aryl methyl sites for hydroxylation is 1. The largest absolute Gasteiger partial charge is 0.271 e. The molecule has 3 aromatic rings. The Bertz CT molecular complexity index is 781. The quantitative estimate of drug-likeness (QED) is 0.561. The number of fused-ring (bicyclic) bond motifs is 1. The average Bonchev–Trinajstić information content (AvgIpc) is 2.52. The summed E-state index contributed by atoms with van der Waals surface area (Å²) in [6, 6.07) is 14.4. The zero-order chi connectivity index (χ0) is 14.8. The van der Waals surface area contributed by atoms with Crippen LogP contribution in [-0.2, 0) is 0 Å². The van der Waals surface area contributed by atoms with Gasteiger partial charge in [0.25, 0.3) is 0 Å². The van der Waals surface area contributed by atoms with Crippen molar-refractivity contribution in [3.63, 3.8) is 0 Å². The highest BCUT2D eigenvalue weighted by Crippen LogP contribution is 2.29. The van der Waals surface area contributed by atoms with Crippen LogP contribution in [0.5, 0.6) is 0 Å². The number of hydrogen-bond acceptors (Lipinski definition) is 3. The van der Waals surface area contributed by atoms with Crippen LogP contribution in [0.1, 0.15) is 22.7 Å². The van der Waals surface area contributed by atoms with Crippen molar-refractivity contribution in [2.75, 3.05) is 0 Å². The van der Waals surface area contributed by atoms with Crippen molar-refractivity contribution >= 4 is 26.7 Å². The van der Waals surface area contributed by atoms with E-state index in [2.05, 4.69) is 63.6 Å². The van der Waals surface area contributed by atoms with Crippen molar-refractivity contribution in [2.24, 2.45) is 5.84 Å². The highest BCUT2D eigenvalue weighted by molar-refractivity contribution is 9.10. The lowest BCUT2D eigenvalue weighted by atomic mass is 9.95. The number of hydrazine groups is 1. The predicted molar refractivity (Wildman–Crippen MR) is 89.8 cm³/mol. The van der Waals surface area contributed by atoms with Gasteiger partial charge in [-0.25, -0.2) is 5.43 Å². The minimum Gasteiger partial charge on any atom is -0.271 e. The summed E-state index contributed by atoms with van der Waals surface area (Å²) in [5, 5.41) is 2.27. The molecule has 4 heteroatoms. The lowest BCUT2D eigenvalue weighted by Gasteiger charge is -2.19. The second-order valence-corrected chi connectivity index (χ2v) is 5.91. The van der Waals surface area contributed by atoms with E-state index in [1.54, 1.807) is 0 Å². The van der Waals surface area contributed by atoms with Crippen LogP contribution < -0.4 is 11.3 Å². The molecule has 2 aromatic carbocycles. The smallest absolute Gasteiger partial charge is 0.0731 e. The molecule has 0 saturated carbocycles. The minimum absolute atomic E-state index is 0.0968. The van der Waals surface area contributed by atoms with Gasteiger partial charge in [0.2, 0.25) is 0 Å². The molecule has 0 aliphatic rings. The molecule has 1 atom stereocenters. The van der Waals surface area contributed by atoms with Crippen molar-refractivity contribution in [1.82, 2.24) is 10.4 Å². The molecule has 3 rings (SSSR count). The molecule has 21 heavy (non-hydrogen) atoms. The first kappa shape index (κ1) is 14.2. The zero-order valence-corrected chi connectivity index (χ0v) is 13.3. The highest BCUT2D eigenvalue weighted by Gasteiger charge is 2.16. The van der Waals surface area contributed by atoms with Crippen LogP contribution in [0.25, 0.3) is 10.8 Å². The molecule has 0 aliphatic carbocycles. The molecule has 1 aromatic heterocycles. The van der Waals surface area contributed by atoms with Gasteiger partial charge in [-0.05, 0) is 29.5 Å². The Labute approximate surface area is 132 Å². The van der Waals surface area contributed by atoms with Crippen LogP contribution in [0.4, 0.5) is 0 Å². The number of nitrogens with zero attached hydrogens (tertiary/aromatic N) is 1. The van der Waals surface area contributed by atoms with Crippen molar-refractivity contribution < 1.29 is 0 Å². The molecular weight excluding hydrogens is 326 g/mol. The Hall–Kier alpha value is -1.75. The summed E-state index contributed by atoms with van der Waals surface area (Å²) >= 11 is 3.58. The topological polar surface area (TPSA) is 50.9 Å². The molecule has 0 spiro atoms. The standard InChI is InChI=1S/C17H16BrN3/c1-11-6-7-12(8-16(11)18)17(21-19)15-10-20-9-13-4-2-3-5-14(13)15/h2-10,17,21H,19H2,1H3. The SMILES string of the molecule is Cc1ccc(C(NN)c2cncc3ccccc23)cc1Br. The van der Waals surface area contributed by atoms with E-state index in [0.29, 0.717) is 0 Å². The second-order valence-electron chi connectivity index (χ2n) is 5.06. The summed E-state index contributed by atoms with van der Waals surface area (Å²) in [5.74, 6) is 5.82. The number of pyridine rings is 1. The monoisotopic (exact) mass is 341 g/mol. The molecule has 1 heterocycles. The maximum absolute atomic E-state index is 5.82. The minimum atomic E-state index is -0.0968. The molecular formula is C17H16BrN3. The first-order chi connectivity index (χ1) is 10.2. The van der Waals surface area contributed by atoms with E-state index in [1.165, 1.54) is 5.56 Å². The van der Waals surface area contributed by atoms with Gasteiger partial charge in [-0.3, -0.25) is 10.8 Å². The third-order valence-corrected chi connectivity index (χ3v) is 4.56. The van der Waals surface area contributed by atoms with Crippen LogP contribution in [0.15, 0.2) is 59.3 Å². The molecule has 0 fully saturated rings. The molecule has 0 amide bonds. The van der Waals surface area contributed by atoms with Crippen molar-refractivity contribution in [1.29, 1.82) is 0 Å². The van der Waals surface area contributed by atoms with Gasteiger partial charge in [0.05, 0.1) is 6.04 Å². The third-order valence-electron chi connectivity index (χ3n) is 3.71. The number of aromatic nitrogens is 1. The van der Waals surface area contributed by atoms with Gasteiger partial charge in [0.15, 0.2) is 0 Å². The van der Waals surface area contributed by atoms with E-state index in [4.69, 9.17) is 5.84 Å². The Morgan fingerprint density at radius 1 is 1.14 bits per heavy atom. The van der Waals surface area contributed by atoms with Gasteiger partial charge in [0.1, 0.15) is 0 Å². The summed E-state index contributed by atoms with van der Waals surface area (Å²) < 4.78 is 1.08. The van der Waals surface area contributed by atoms with E-state index < -0.39 is 0 Å². The fourth-order valence-corrected chi connectivity index (χ4v) is 2.92. The molecule has 106 valence electrons. The van der Waals surface area contributed by atoms with E-state index in [-0.39, 0.29) is 6.04 Å². The van der Waals surface area contributed by atoms with Gasteiger partial charge >= 0.3 is 0 Å². The fraction of sp³-hybridized carbons (Fsp3) is 0.118. The number of halogens is 1. The molecule has 3 N–H and O–H groups in total. The summed E-state index contributed by atoms with van der Waals surface area (Å²) in [7, 11) is 0. The zero-order valence-electron chi connectivity index (χ0n) is 11.7. The number of benzene rings is 2.